The van der Waals surface area contributed by atoms with Crippen molar-refractivity contribution in [3.63, 3.8) is 0 Å². The van der Waals surface area contributed by atoms with Gasteiger partial charge >= 0.3 is 0 Å². The maximum Gasteiger partial charge on any atom is 0.297 e. The normalized spacial score (nSPS) is 10.6. The van der Waals surface area contributed by atoms with Crippen LogP contribution in [0.3, 0.4) is 0 Å². The van der Waals surface area contributed by atoms with Gasteiger partial charge in [0.15, 0.2) is 0 Å². The van der Waals surface area contributed by atoms with E-state index in [1.54, 1.807) is 12.1 Å². The van der Waals surface area contributed by atoms with E-state index in [0.717, 1.165) is 12.8 Å². The monoisotopic (exact) mass is 218 g/mol. The Hall–Kier alpha value is -1.84. The molecule has 0 saturated carbocycles. The summed E-state index contributed by atoms with van der Waals surface area (Å²) in [5, 5.41) is 0.588. The Morgan fingerprint density at radius 1 is 1.38 bits per heavy atom. The topological polar surface area (TPSA) is 55.0 Å². The third-order valence-corrected chi connectivity index (χ3v) is 2.33. The lowest BCUT2D eigenvalue weighted by Gasteiger charge is -2.04. The third-order valence-electron chi connectivity index (χ3n) is 2.33. The summed E-state index contributed by atoms with van der Waals surface area (Å²) >= 11 is 0. The standard InChI is InChI=1S/C12H14N2O2/c1-2-3-8-16-12-13-10-7-5-4-6-9(10)11(15)14-12/h4-7H,2-3,8H2,1H3,(H,13,14,15). The van der Waals surface area contributed by atoms with Crippen LogP contribution in [0, 0.1) is 0 Å². The second-order valence-corrected chi connectivity index (χ2v) is 3.59. The summed E-state index contributed by atoms with van der Waals surface area (Å²) in [7, 11) is 0. The van der Waals surface area contributed by atoms with E-state index in [1.165, 1.54) is 0 Å². The van der Waals surface area contributed by atoms with Crippen LogP contribution < -0.4 is 10.3 Å². The van der Waals surface area contributed by atoms with Crippen LogP contribution in [0.1, 0.15) is 19.8 Å². The van der Waals surface area contributed by atoms with Gasteiger partial charge in [-0.2, -0.15) is 4.98 Å². The molecule has 0 unspecified atom stereocenters. The zero-order valence-electron chi connectivity index (χ0n) is 9.19. The lowest BCUT2D eigenvalue weighted by atomic mass is 10.2. The maximum atomic E-state index is 11.7. The summed E-state index contributed by atoms with van der Waals surface area (Å²) < 4.78 is 5.37. The first kappa shape index (κ1) is 10.7. The quantitative estimate of drug-likeness (QED) is 0.799. The number of hydrogen-bond acceptors (Lipinski definition) is 3. The summed E-state index contributed by atoms with van der Waals surface area (Å²) in [4.78, 5) is 18.5. The molecule has 0 bridgehead atoms. The average molecular weight is 218 g/mol. The molecule has 4 nitrogen and oxygen atoms in total. The second-order valence-electron chi connectivity index (χ2n) is 3.59. The van der Waals surface area contributed by atoms with Crippen LogP contribution >= 0.6 is 0 Å². The highest BCUT2D eigenvalue weighted by atomic mass is 16.5. The molecule has 4 heteroatoms. The van der Waals surface area contributed by atoms with Gasteiger partial charge in [0, 0.05) is 0 Å². The first-order valence-corrected chi connectivity index (χ1v) is 5.43. The van der Waals surface area contributed by atoms with Gasteiger partial charge in [0.1, 0.15) is 0 Å². The molecule has 1 aromatic heterocycles. The number of benzene rings is 1. The number of fused-ring (bicyclic) bond motifs is 1. The molecule has 0 aliphatic rings. The zero-order valence-corrected chi connectivity index (χ0v) is 9.19. The van der Waals surface area contributed by atoms with E-state index in [2.05, 4.69) is 16.9 Å². The second kappa shape index (κ2) is 4.79. The minimum Gasteiger partial charge on any atom is -0.465 e. The number of para-hydroxylation sites is 1. The SMILES string of the molecule is CCCCOc1nc2ccccc2c(=O)[nH]1. The number of rotatable bonds is 4. The Morgan fingerprint density at radius 3 is 3.00 bits per heavy atom. The van der Waals surface area contributed by atoms with Crippen LogP contribution in [-0.2, 0) is 0 Å². The Bertz CT molecular complexity index is 534. The van der Waals surface area contributed by atoms with E-state index >= 15 is 0 Å². The van der Waals surface area contributed by atoms with E-state index < -0.39 is 0 Å². The molecule has 1 aromatic carbocycles. The average Bonchev–Trinajstić information content (AvgIpc) is 2.30. The van der Waals surface area contributed by atoms with Crippen molar-refractivity contribution in [1.82, 2.24) is 9.97 Å². The number of aromatic amines is 1. The van der Waals surface area contributed by atoms with Crippen LogP contribution in [0.25, 0.3) is 10.9 Å². The van der Waals surface area contributed by atoms with E-state index in [-0.39, 0.29) is 5.56 Å². The fraction of sp³-hybridized carbons (Fsp3) is 0.333. The maximum absolute atomic E-state index is 11.7. The summed E-state index contributed by atoms with van der Waals surface area (Å²) in [6, 6.07) is 7.52. The number of aromatic nitrogens is 2. The van der Waals surface area contributed by atoms with Gasteiger partial charge in [-0.1, -0.05) is 25.5 Å². The van der Waals surface area contributed by atoms with Gasteiger partial charge in [-0.05, 0) is 18.6 Å². The van der Waals surface area contributed by atoms with E-state index in [1.807, 2.05) is 12.1 Å². The highest BCUT2D eigenvalue weighted by Crippen LogP contribution is 2.09. The van der Waals surface area contributed by atoms with Crippen molar-refractivity contribution in [2.24, 2.45) is 0 Å². The highest BCUT2D eigenvalue weighted by Gasteiger charge is 2.02. The van der Waals surface area contributed by atoms with E-state index in [9.17, 15) is 4.79 Å². The smallest absolute Gasteiger partial charge is 0.297 e. The van der Waals surface area contributed by atoms with Crippen molar-refractivity contribution in [3.05, 3.63) is 34.6 Å². The Balaban J connectivity index is 2.31. The number of nitrogens with zero attached hydrogens (tertiary/aromatic N) is 1. The molecular formula is C12H14N2O2. The molecule has 1 heterocycles. The molecule has 0 aliphatic carbocycles. The summed E-state index contributed by atoms with van der Waals surface area (Å²) in [6.45, 7) is 2.66. The lowest BCUT2D eigenvalue weighted by molar-refractivity contribution is 0.286. The van der Waals surface area contributed by atoms with Crippen LogP contribution in [0.15, 0.2) is 29.1 Å². The van der Waals surface area contributed by atoms with Gasteiger partial charge in [-0.25, -0.2) is 0 Å². The number of ether oxygens (including phenoxy) is 1. The summed E-state index contributed by atoms with van der Waals surface area (Å²) in [5.74, 6) is 0. The fourth-order valence-corrected chi connectivity index (χ4v) is 1.45. The van der Waals surface area contributed by atoms with Gasteiger partial charge in [0.05, 0.1) is 17.5 Å². The van der Waals surface area contributed by atoms with Gasteiger partial charge in [0.25, 0.3) is 11.6 Å². The molecule has 0 spiro atoms. The highest BCUT2D eigenvalue weighted by molar-refractivity contribution is 5.77. The number of hydrogen-bond donors (Lipinski definition) is 1. The lowest BCUT2D eigenvalue weighted by Crippen LogP contribution is -2.11. The van der Waals surface area contributed by atoms with Crippen LogP contribution in [0.5, 0.6) is 6.01 Å². The molecule has 84 valence electrons. The Kier molecular flexibility index (Phi) is 3.19. The number of unbranched alkanes of at least 4 members (excludes halogenated alkanes) is 1. The van der Waals surface area contributed by atoms with Crippen molar-refractivity contribution >= 4 is 10.9 Å². The van der Waals surface area contributed by atoms with Crippen molar-refractivity contribution in [3.8, 4) is 6.01 Å². The van der Waals surface area contributed by atoms with E-state index in [4.69, 9.17) is 4.74 Å². The van der Waals surface area contributed by atoms with Gasteiger partial charge in [0.2, 0.25) is 0 Å². The minimum absolute atomic E-state index is 0.155. The molecule has 0 amide bonds. The first-order valence-electron chi connectivity index (χ1n) is 5.43. The Morgan fingerprint density at radius 2 is 2.19 bits per heavy atom. The van der Waals surface area contributed by atoms with Crippen LogP contribution in [0.2, 0.25) is 0 Å². The Labute approximate surface area is 93.3 Å². The molecule has 0 aliphatic heterocycles. The van der Waals surface area contributed by atoms with Crippen molar-refractivity contribution in [1.29, 1.82) is 0 Å². The van der Waals surface area contributed by atoms with Gasteiger partial charge in [-0.15, -0.1) is 0 Å². The largest absolute Gasteiger partial charge is 0.465 e. The van der Waals surface area contributed by atoms with E-state index in [0.29, 0.717) is 23.5 Å². The molecule has 2 aromatic rings. The molecule has 1 N–H and O–H groups in total. The van der Waals surface area contributed by atoms with Crippen molar-refractivity contribution in [2.75, 3.05) is 6.61 Å². The molecule has 16 heavy (non-hydrogen) atoms. The molecule has 0 atom stereocenters. The predicted molar refractivity (Wildman–Crippen MR) is 62.8 cm³/mol. The molecule has 0 fully saturated rings. The van der Waals surface area contributed by atoms with Crippen molar-refractivity contribution in [2.45, 2.75) is 19.8 Å². The van der Waals surface area contributed by atoms with Crippen LogP contribution in [0.4, 0.5) is 0 Å². The first-order chi connectivity index (χ1) is 7.81. The summed E-state index contributed by atoms with van der Waals surface area (Å²) in [6.07, 6.45) is 2.01. The molecule has 2 rings (SSSR count). The molecule has 0 saturated heterocycles. The number of H-pyrrole nitrogens is 1. The number of nitrogens with one attached hydrogen (secondary N) is 1. The van der Waals surface area contributed by atoms with Crippen LogP contribution in [-0.4, -0.2) is 16.6 Å². The predicted octanol–water partition coefficient (Wildman–Crippen LogP) is 2.10. The fourth-order valence-electron chi connectivity index (χ4n) is 1.45. The third kappa shape index (κ3) is 2.21. The summed E-state index contributed by atoms with van der Waals surface area (Å²) in [5.41, 5.74) is 0.509. The molecule has 0 radical (unpaired) electrons. The zero-order chi connectivity index (χ0) is 11.4. The minimum atomic E-state index is -0.155. The van der Waals surface area contributed by atoms with Gasteiger partial charge in [-0.3, -0.25) is 9.78 Å². The molecular weight excluding hydrogens is 204 g/mol. The van der Waals surface area contributed by atoms with Crippen molar-refractivity contribution < 1.29 is 4.74 Å². The van der Waals surface area contributed by atoms with Gasteiger partial charge < -0.3 is 4.74 Å².